The highest BCUT2D eigenvalue weighted by Crippen LogP contribution is 2.33. The molecule has 0 aliphatic carbocycles. The van der Waals surface area contributed by atoms with Gasteiger partial charge in [-0.05, 0) is 30.3 Å². The van der Waals surface area contributed by atoms with Crippen molar-refractivity contribution < 1.29 is 28.2 Å². The van der Waals surface area contributed by atoms with Crippen molar-refractivity contribution in [2.45, 2.75) is 5.03 Å². The Morgan fingerprint density at radius 2 is 1.96 bits per heavy atom. The number of anilines is 1. The fourth-order valence-electron chi connectivity index (χ4n) is 2.27. The molecule has 0 radical (unpaired) electrons. The van der Waals surface area contributed by atoms with Crippen LogP contribution in [0.3, 0.4) is 0 Å². The molecule has 0 amide bonds. The number of aromatic hydroxyl groups is 1. The third-order valence-corrected chi connectivity index (χ3v) is 5.86. The minimum atomic E-state index is -4.04. The molecule has 2 aromatic carbocycles. The number of rotatable bonds is 6. The van der Waals surface area contributed by atoms with Gasteiger partial charge in [0.2, 0.25) is 0 Å². The molecule has 3 rings (SSSR count). The van der Waals surface area contributed by atoms with E-state index in [-0.39, 0.29) is 27.8 Å². The topological polar surface area (TPSA) is 126 Å². The van der Waals surface area contributed by atoms with Crippen molar-refractivity contribution in [2.24, 2.45) is 0 Å². The average Bonchev–Trinajstić information content (AvgIpc) is 3.13. The number of benzene rings is 2. The highest BCUT2D eigenvalue weighted by Gasteiger charge is 2.22. The number of aromatic carboxylic acids is 1. The van der Waals surface area contributed by atoms with E-state index in [0.29, 0.717) is 10.6 Å². The van der Waals surface area contributed by atoms with Gasteiger partial charge in [0.05, 0.1) is 23.9 Å². The molecule has 27 heavy (non-hydrogen) atoms. The van der Waals surface area contributed by atoms with Crippen molar-refractivity contribution in [3.63, 3.8) is 0 Å². The second-order valence-electron chi connectivity index (χ2n) is 5.33. The number of thiazole rings is 1. The van der Waals surface area contributed by atoms with Crippen LogP contribution in [-0.4, -0.2) is 36.7 Å². The first-order chi connectivity index (χ1) is 12.8. The Hall–Kier alpha value is -3.11. The summed E-state index contributed by atoms with van der Waals surface area (Å²) in [4.78, 5) is 15.1. The molecule has 0 saturated carbocycles. The van der Waals surface area contributed by atoms with Gasteiger partial charge in [0, 0.05) is 5.38 Å². The fraction of sp³-hybridized carbons (Fsp3) is 0.0588. The second-order valence-corrected chi connectivity index (χ2v) is 7.82. The van der Waals surface area contributed by atoms with E-state index in [2.05, 4.69) is 9.71 Å². The molecule has 0 saturated heterocycles. The van der Waals surface area contributed by atoms with Crippen LogP contribution in [0.1, 0.15) is 10.4 Å². The molecule has 8 nitrogen and oxygen atoms in total. The van der Waals surface area contributed by atoms with E-state index in [9.17, 15) is 18.3 Å². The normalized spacial score (nSPS) is 11.1. The minimum absolute atomic E-state index is 0.00492. The third-order valence-electron chi connectivity index (χ3n) is 3.59. The Bertz CT molecular complexity index is 1110. The molecule has 0 unspecified atom stereocenters. The Morgan fingerprint density at radius 1 is 1.22 bits per heavy atom. The molecule has 10 heteroatoms. The zero-order valence-electron chi connectivity index (χ0n) is 13.9. The van der Waals surface area contributed by atoms with E-state index in [1.807, 2.05) is 0 Å². The van der Waals surface area contributed by atoms with Gasteiger partial charge in [-0.2, -0.15) is 8.42 Å². The van der Waals surface area contributed by atoms with Crippen LogP contribution < -0.4 is 9.46 Å². The van der Waals surface area contributed by atoms with Crippen molar-refractivity contribution in [3.8, 4) is 22.1 Å². The van der Waals surface area contributed by atoms with Crippen molar-refractivity contribution in [3.05, 3.63) is 53.4 Å². The third kappa shape index (κ3) is 3.86. The van der Waals surface area contributed by atoms with Crippen LogP contribution in [0.15, 0.2) is 52.9 Å². The molecular formula is C17H14N2O6S2. The van der Waals surface area contributed by atoms with Crippen molar-refractivity contribution in [1.82, 2.24) is 4.98 Å². The minimum Gasteiger partial charge on any atom is -0.507 e. The van der Waals surface area contributed by atoms with Gasteiger partial charge in [0.1, 0.15) is 16.5 Å². The number of hydrogen-bond acceptors (Lipinski definition) is 7. The number of para-hydroxylation sites is 1. The maximum atomic E-state index is 12.6. The number of nitrogens with zero attached hydrogens (tertiary/aromatic N) is 1. The number of carboxylic acids is 1. The smallest absolute Gasteiger partial charge is 0.335 e. The Labute approximate surface area is 158 Å². The van der Waals surface area contributed by atoms with E-state index < -0.39 is 16.0 Å². The summed E-state index contributed by atoms with van der Waals surface area (Å²) < 4.78 is 32.6. The lowest BCUT2D eigenvalue weighted by Gasteiger charge is -2.11. The van der Waals surface area contributed by atoms with Crippen molar-refractivity contribution in [1.29, 1.82) is 0 Å². The van der Waals surface area contributed by atoms with Gasteiger partial charge >= 0.3 is 5.97 Å². The number of hydrogen-bond donors (Lipinski definition) is 3. The number of ether oxygens (including phenoxy) is 1. The summed E-state index contributed by atoms with van der Waals surface area (Å²) in [5.74, 6) is -1.10. The van der Waals surface area contributed by atoms with E-state index >= 15 is 0 Å². The number of aromatic nitrogens is 1. The van der Waals surface area contributed by atoms with Gasteiger partial charge in [-0.3, -0.25) is 4.72 Å². The van der Waals surface area contributed by atoms with Gasteiger partial charge in [0.15, 0.2) is 5.03 Å². The molecule has 0 aliphatic rings. The summed E-state index contributed by atoms with van der Waals surface area (Å²) in [6, 6.07) is 10.3. The number of carboxylic acid groups (broad SMARTS) is 1. The quantitative estimate of drug-likeness (QED) is 0.574. The molecule has 3 N–H and O–H groups in total. The predicted molar refractivity (Wildman–Crippen MR) is 100.0 cm³/mol. The summed E-state index contributed by atoms with van der Waals surface area (Å²) >= 11 is 1.07. The van der Waals surface area contributed by atoms with Gasteiger partial charge in [-0.25, -0.2) is 9.78 Å². The monoisotopic (exact) mass is 406 g/mol. The van der Waals surface area contributed by atoms with Crippen LogP contribution in [0, 0.1) is 0 Å². The SMILES string of the molecule is COc1cc(C(=O)O)ccc1NS(=O)(=O)c1csc(-c2ccccc2O)n1. The zero-order chi connectivity index (χ0) is 19.6. The number of methoxy groups -OCH3 is 1. The highest BCUT2D eigenvalue weighted by atomic mass is 32.2. The van der Waals surface area contributed by atoms with Crippen LogP contribution in [0.25, 0.3) is 10.6 Å². The molecule has 1 aromatic heterocycles. The molecule has 3 aromatic rings. The van der Waals surface area contributed by atoms with Gasteiger partial charge in [-0.1, -0.05) is 12.1 Å². The van der Waals surface area contributed by atoms with Crippen LogP contribution >= 0.6 is 11.3 Å². The van der Waals surface area contributed by atoms with E-state index in [0.717, 1.165) is 11.3 Å². The number of sulfonamides is 1. The van der Waals surface area contributed by atoms with E-state index in [4.69, 9.17) is 9.84 Å². The zero-order valence-corrected chi connectivity index (χ0v) is 15.5. The predicted octanol–water partition coefficient (Wildman–Crippen LogP) is 3.02. The molecular weight excluding hydrogens is 392 g/mol. The largest absolute Gasteiger partial charge is 0.507 e. The van der Waals surface area contributed by atoms with Crippen LogP contribution in [0.4, 0.5) is 5.69 Å². The number of phenolic OH excluding ortho intramolecular Hbond substituents is 1. The molecule has 0 fully saturated rings. The van der Waals surface area contributed by atoms with E-state index in [1.54, 1.807) is 18.2 Å². The Balaban J connectivity index is 1.92. The molecule has 0 aliphatic heterocycles. The summed E-state index contributed by atoms with van der Waals surface area (Å²) in [7, 11) is -2.74. The number of phenols is 1. The van der Waals surface area contributed by atoms with Crippen LogP contribution in [0.2, 0.25) is 0 Å². The summed E-state index contributed by atoms with van der Waals surface area (Å²) in [6.07, 6.45) is 0. The lowest BCUT2D eigenvalue weighted by molar-refractivity contribution is 0.0696. The van der Waals surface area contributed by atoms with E-state index in [1.165, 1.54) is 36.8 Å². The summed E-state index contributed by atoms with van der Waals surface area (Å²) in [5.41, 5.74) is 0.470. The number of carbonyl (C=O) groups is 1. The number of nitrogens with one attached hydrogen (secondary N) is 1. The Morgan fingerprint density at radius 3 is 2.63 bits per heavy atom. The van der Waals surface area contributed by atoms with Crippen LogP contribution in [-0.2, 0) is 10.0 Å². The standard InChI is InChI=1S/C17H14N2O6S2/c1-25-14-8-10(17(21)22)6-7-12(14)19-27(23,24)15-9-26-16(18-15)11-4-2-3-5-13(11)20/h2-9,19-20H,1H3,(H,21,22). The first kappa shape index (κ1) is 18.7. The van der Waals surface area contributed by atoms with Gasteiger partial charge < -0.3 is 14.9 Å². The summed E-state index contributed by atoms with van der Waals surface area (Å²) in [6.45, 7) is 0. The van der Waals surface area contributed by atoms with Gasteiger partial charge in [-0.15, -0.1) is 11.3 Å². The molecule has 0 atom stereocenters. The highest BCUT2D eigenvalue weighted by molar-refractivity contribution is 7.92. The lowest BCUT2D eigenvalue weighted by atomic mass is 10.2. The lowest BCUT2D eigenvalue weighted by Crippen LogP contribution is -2.14. The molecule has 0 bridgehead atoms. The maximum absolute atomic E-state index is 12.6. The maximum Gasteiger partial charge on any atom is 0.335 e. The molecule has 0 spiro atoms. The average molecular weight is 406 g/mol. The van der Waals surface area contributed by atoms with Crippen molar-refractivity contribution >= 4 is 33.0 Å². The fourth-order valence-corrected chi connectivity index (χ4v) is 4.47. The molecule has 140 valence electrons. The Kier molecular flexibility index (Phi) is 5.02. The van der Waals surface area contributed by atoms with Gasteiger partial charge in [0.25, 0.3) is 10.0 Å². The van der Waals surface area contributed by atoms with Crippen LogP contribution in [0.5, 0.6) is 11.5 Å². The first-order valence-electron chi connectivity index (χ1n) is 7.50. The first-order valence-corrected chi connectivity index (χ1v) is 9.86. The molecule has 1 heterocycles. The van der Waals surface area contributed by atoms with Crippen molar-refractivity contribution in [2.75, 3.05) is 11.8 Å². The second kappa shape index (κ2) is 7.25. The summed E-state index contributed by atoms with van der Waals surface area (Å²) in [5, 5.41) is 20.4.